The van der Waals surface area contributed by atoms with Gasteiger partial charge in [0.2, 0.25) is 5.91 Å². The van der Waals surface area contributed by atoms with Crippen LogP contribution >= 0.6 is 15.9 Å². The summed E-state index contributed by atoms with van der Waals surface area (Å²) in [4.78, 5) is 13.5. The molecule has 1 fully saturated rings. The standard InChI is InChI=1S/C14H20BrN3O/c1-2-18(9-10-4-3-7-17-10)11-5-6-12(14(16)19)13(15)8-11/h5-6,8,10,17H,2-4,7,9H2,1H3,(H2,16,19). The van der Waals surface area contributed by atoms with Crippen molar-refractivity contribution in [2.45, 2.75) is 25.8 Å². The van der Waals surface area contributed by atoms with Gasteiger partial charge in [-0.25, -0.2) is 0 Å². The molecule has 1 heterocycles. The number of amides is 1. The molecular formula is C14H20BrN3O. The Bertz CT molecular complexity index is 458. The van der Waals surface area contributed by atoms with Crippen molar-refractivity contribution in [2.75, 3.05) is 24.5 Å². The SMILES string of the molecule is CCN(CC1CCCN1)c1ccc(C(N)=O)c(Br)c1. The summed E-state index contributed by atoms with van der Waals surface area (Å²) >= 11 is 3.41. The summed E-state index contributed by atoms with van der Waals surface area (Å²) in [6, 6.07) is 6.28. The lowest BCUT2D eigenvalue weighted by atomic mass is 10.1. The number of nitrogens with two attached hydrogens (primary N) is 1. The molecule has 0 radical (unpaired) electrons. The molecule has 1 amide bonds. The molecule has 2 rings (SSSR count). The number of carbonyl (C=O) groups excluding carboxylic acids is 1. The van der Waals surface area contributed by atoms with Crippen LogP contribution in [0.25, 0.3) is 0 Å². The van der Waals surface area contributed by atoms with Gasteiger partial charge < -0.3 is 16.0 Å². The Morgan fingerprint density at radius 1 is 1.58 bits per heavy atom. The number of benzene rings is 1. The van der Waals surface area contributed by atoms with Crippen LogP contribution in [0.5, 0.6) is 0 Å². The van der Waals surface area contributed by atoms with Crippen molar-refractivity contribution in [3.05, 3.63) is 28.2 Å². The second kappa shape index (κ2) is 6.39. The number of halogens is 1. The number of hydrogen-bond donors (Lipinski definition) is 2. The lowest BCUT2D eigenvalue weighted by molar-refractivity contribution is 0.0999. The van der Waals surface area contributed by atoms with E-state index in [1.165, 1.54) is 12.8 Å². The minimum atomic E-state index is -0.404. The molecule has 1 aliphatic heterocycles. The number of hydrogen-bond acceptors (Lipinski definition) is 3. The summed E-state index contributed by atoms with van der Waals surface area (Å²) in [5, 5.41) is 3.51. The van der Waals surface area contributed by atoms with E-state index in [0.29, 0.717) is 11.6 Å². The van der Waals surface area contributed by atoms with Crippen LogP contribution in [0.2, 0.25) is 0 Å². The van der Waals surface area contributed by atoms with Crippen LogP contribution in [-0.4, -0.2) is 31.6 Å². The van der Waals surface area contributed by atoms with Crippen LogP contribution in [-0.2, 0) is 0 Å². The molecule has 1 saturated heterocycles. The number of primary amides is 1. The summed E-state index contributed by atoms with van der Waals surface area (Å²) < 4.78 is 0.760. The summed E-state index contributed by atoms with van der Waals surface area (Å²) in [5.74, 6) is -0.404. The average molecular weight is 326 g/mol. The van der Waals surface area contributed by atoms with Gasteiger partial charge in [0.05, 0.1) is 5.56 Å². The fourth-order valence-corrected chi connectivity index (χ4v) is 3.06. The third-order valence-electron chi connectivity index (χ3n) is 3.57. The second-order valence-corrected chi connectivity index (χ2v) is 5.71. The van der Waals surface area contributed by atoms with Crippen LogP contribution in [0.1, 0.15) is 30.1 Å². The fraction of sp³-hybridized carbons (Fsp3) is 0.500. The zero-order chi connectivity index (χ0) is 13.8. The predicted molar refractivity (Wildman–Crippen MR) is 81.6 cm³/mol. The van der Waals surface area contributed by atoms with Gasteiger partial charge in [-0.2, -0.15) is 0 Å². The quantitative estimate of drug-likeness (QED) is 0.871. The maximum Gasteiger partial charge on any atom is 0.249 e. The van der Waals surface area contributed by atoms with Crippen molar-refractivity contribution in [3.63, 3.8) is 0 Å². The van der Waals surface area contributed by atoms with Gasteiger partial charge >= 0.3 is 0 Å². The molecule has 0 saturated carbocycles. The number of carbonyl (C=O) groups is 1. The third-order valence-corrected chi connectivity index (χ3v) is 4.22. The summed E-state index contributed by atoms with van der Waals surface area (Å²) in [7, 11) is 0. The van der Waals surface area contributed by atoms with Crippen molar-refractivity contribution < 1.29 is 4.79 Å². The zero-order valence-corrected chi connectivity index (χ0v) is 12.7. The van der Waals surface area contributed by atoms with Crippen LogP contribution in [0, 0.1) is 0 Å². The van der Waals surface area contributed by atoms with Crippen molar-refractivity contribution in [1.82, 2.24) is 5.32 Å². The van der Waals surface area contributed by atoms with Gasteiger partial charge in [-0.3, -0.25) is 4.79 Å². The minimum absolute atomic E-state index is 0.404. The maximum atomic E-state index is 11.2. The molecule has 1 atom stereocenters. The van der Waals surface area contributed by atoms with Gasteiger partial charge in [0.25, 0.3) is 0 Å². The van der Waals surface area contributed by atoms with E-state index < -0.39 is 5.91 Å². The number of rotatable bonds is 5. The Kier molecular flexibility index (Phi) is 4.82. The van der Waals surface area contributed by atoms with Gasteiger partial charge in [0.1, 0.15) is 0 Å². The minimum Gasteiger partial charge on any atom is -0.370 e. The van der Waals surface area contributed by atoms with Crippen LogP contribution in [0.15, 0.2) is 22.7 Å². The summed E-state index contributed by atoms with van der Waals surface area (Å²) in [5.41, 5.74) is 6.96. The smallest absolute Gasteiger partial charge is 0.249 e. The van der Waals surface area contributed by atoms with Crippen molar-refractivity contribution >= 4 is 27.5 Å². The number of anilines is 1. The van der Waals surface area contributed by atoms with Gasteiger partial charge in [-0.15, -0.1) is 0 Å². The van der Waals surface area contributed by atoms with E-state index in [2.05, 4.69) is 33.1 Å². The molecule has 3 N–H and O–H groups in total. The normalized spacial score (nSPS) is 18.5. The van der Waals surface area contributed by atoms with Gasteiger partial charge in [-0.05, 0) is 60.4 Å². The van der Waals surface area contributed by atoms with E-state index in [9.17, 15) is 4.79 Å². The van der Waals surface area contributed by atoms with Gasteiger partial charge in [0.15, 0.2) is 0 Å². The van der Waals surface area contributed by atoms with Crippen LogP contribution < -0.4 is 16.0 Å². The highest BCUT2D eigenvalue weighted by molar-refractivity contribution is 9.10. The molecule has 1 aromatic carbocycles. The maximum absolute atomic E-state index is 11.2. The summed E-state index contributed by atoms with van der Waals surface area (Å²) in [6.45, 7) is 5.21. The molecule has 104 valence electrons. The highest BCUT2D eigenvalue weighted by atomic mass is 79.9. The molecule has 4 nitrogen and oxygen atoms in total. The Morgan fingerprint density at radius 3 is 2.89 bits per heavy atom. The van der Waals surface area contributed by atoms with Crippen molar-refractivity contribution in [3.8, 4) is 0 Å². The largest absolute Gasteiger partial charge is 0.370 e. The lowest BCUT2D eigenvalue weighted by Crippen LogP contribution is -2.37. The first-order valence-electron chi connectivity index (χ1n) is 6.69. The number of likely N-dealkylation sites (N-methyl/N-ethyl adjacent to an activating group) is 1. The monoisotopic (exact) mass is 325 g/mol. The predicted octanol–water partition coefficient (Wildman–Crippen LogP) is 2.13. The van der Waals surface area contributed by atoms with Gasteiger partial charge in [0, 0.05) is 29.3 Å². The molecule has 19 heavy (non-hydrogen) atoms. The van der Waals surface area contributed by atoms with Gasteiger partial charge in [-0.1, -0.05) is 0 Å². The average Bonchev–Trinajstić information content (AvgIpc) is 2.88. The fourth-order valence-electron chi connectivity index (χ4n) is 2.50. The topological polar surface area (TPSA) is 58.4 Å². The molecule has 0 bridgehead atoms. The highest BCUT2D eigenvalue weighted by Crippen LogP contribution is 2.24. The van der Waals surface area contributed by atoms with E-state index in [4.69, 9.17) is 5.73 Å². The van der Waals surface area contributed by atoms with E-state index in [1.54, 1.807) is 6.07 Å². The van der Waals surface area contributed by atoms with E-state index in [0.717, 1.165) is 29.8 Å². The molecule has 0 spiro atoms. The number of nitrogens with one attached hydrogen (secondary N) is 1. The number of nitrogens with zero attached hydrogens (tertiary/aromatic N) is 1. The molecular weight excluding hydrogens is 306 g/mol. The van der Waals surface area contributed by atoms with Crippen molar-refractivity contribution in [2.24, 2.45) is 5.73 Å². The van der Waals surface area contributed by atoms with E-state index in [-0.39, 0.29) is 0 Å². The Hall–Kier alpha value is -1.07. The Labute approximate surface area is 122 Å². The molecule has 0 aromatic heterocycles. The van der Waals surface area contributed by atoms with Crippen LogP contribution in [0.4, 0.5) is 5.69 Å². The van der Waals surface area contributed by atoms with Crippen LogP contribution in [0.3, 0.4) is 0 Å². The first kappa shape index (κ1) is 14.3. The first-order chi connectivity index (χ1) is 9.11. The molecule has 0 aliphatic carbocycles. The first-order valence-corrected chi connectivity index (χ1v) is 7.48. The highest BCUT2D eigenvalue weighted by Gasteiger charge is 2.18. The Balaban J connectivity index is 2.13. The zero-order valence-electron chi connectivity index (χ0n) is 11.2. The second-order valence-electron chi connectivity index (χ2n) is 4.86. The third kappa shape index (κ3) is 3.48. The lowest BCUT2D eigenvalue weighted by Gasteiger charge is -2.27. The Morgan fingerprint density at radius 2 is 2.37 bits per heavy atom. The molecule has 1 aromatic rings. The molecule has 1 aliphatic rings. The molecule has 1 unspecified atom stereocenters. The van der Waals surface area contributed by atoms with Crippen molar-refractivity contribution in [1.29, 1.82) is 0 Å². The summed E-state index contributed by atoms with van der Waals surface area (Å²) in [6.07, 6.45) is 2.49. The molecule has 5 heteroatoms. The van der Waals surface area contributed by atoms with E-state index in [1.807, 2.05) is 12.1 Å². The van der Waals surface area contributed by atoms with E-state index >= 15 is 0 Å².